The molecule has 1 aromatic carbocycles. The average molecular weight is 205 g/mol. The van der Waals surface area contributed by atoms with Crippen molar-refractivity contribution >= 4 is 22.5 Å². The summed E-state index contributed by atoms with van der Waals surface area (Å²) in [6.45, 7) is 1.35. The third kappa shape index (κ3) is 1.45. The zero-order valence-corrected chi connectivity index (χ0v) is 7.85. The molecule has 0 aliphatic heterocycles. The fraction of sp³-hybridized carbons (Fsp3) is 0.111. The number of benzene rings is 1. The standard InChI is InChI=1S/C9H7N3O3/c1-5(13)9-10-6-3-2-4-7(12(14)15)8(6)11-9/h2-4H,1H3,(H,10,11). The van der Waals surface area contributed by atoms with Crippen molar-refractivity contribution in [2.45, 2.75) is 6.92 Å². The number of Topliss-reactive ketones (excluding diaryl/α,β-unsaturated/α-hetero) is 1. The van der Waals surface area contributed by atoms with Gasteiger partial charge in [-0.3, -0.25) is 14.9 Å². The Bertz CT molecular complexity index is 559. The molecular weight excluding hydrogens is 198 g/mol. The summed E-state index contributed by atoms with van der Waals surface area (Å²) in [5, 5.41) is 10.7. The molecule has 0 spiro atoms. The second-order valence-corrected chi connectivity index (χ2v) is 3.07. The maximum atomic E-state index is 11.0. The lowest BCUT2D eigenvalue weighted by Crippen LogP contribution is -1.94. The molecule has 0 bridgehead atoms. The highest BCUT2D eigenvalue weighted by Crippen LogP contribution is 2.22. The van der Waals surface area contributed by atoms with Crippen LogP contribution in [0.15, 0.2) is 18.2 Å². The highest BCUT2D eigenvalue weighted by atomic mass is 16.6. The minimum atomic E-state index is -0.521. The van der Waals surface area contributed by atoms with Gasteiger partial charge in [-0.2, -0.15) is 0 Å². The molecule has 76 valence electrons. The van der Waals surface area contributed by atoms with Crippen LogP contribution in [-0.2, 0) is 0 Å². The molecule has 0 atom stereocenters. The van der Waals surface area contributed by atoms with Gasteiger partial charge < -0.3 is 4.98 Å². The number of para-hydroxylation sites is 1. The summed E-state index contributed by atoms with van der Waals surface area (Å²) in [6, 6.07) is 4.54. The van der Waals surface area contributed by atoms with Crippen molar-refractivity contribution in [3.05, 3.63) is 34.1 Å². The summed E-state index contributed by atoms with van der Waals surface area (Å²) < 4.78 is 0. The largest absolute Gasteiger partial charge is 0.335 e. The summed E-state index contributed by atoms with van der Waals surface area (Å²) in [6.07, 6.45) is 0. The second kappa shape index (κ2) is 3.16. The Morgan fingerprint density at radius 1 is 1.53 bits per heavy atom. The molecule has 2 rings (SSSR count). The molecule has 0 unspecified atom stereocenters. The van der Waals surface area contributed by atoms with Crippen LogP contribution in [-0.4, -0.2) is 20.7 Å². The van der Waals surface area contributed by atoms with E-state index in [0.29, 0.717) is 5.52 Å². The van der Waals surface area contributed by atoms with Gasteiger partial charge in [-0.05, 0) is 6.07 Å². The summed E-state index contributed by atoms with van der Waals surface area (Å²) in [5.41, 5.74) is 0.610. The van der Waals surface area contributed by atoms with Gasteiger partial charge >= 0.3 is 0 Å². The van der Waals surface area contributed by atoms with E-state index in [0.717, 1.165) is 0 Å². The fourth-order valence-corrected chi connectivity index (χ4v) is 1.33. The van der Waals surface area contributed by atoms with Crippen LogP contribution in [0.5, 0.6) is 0 Å². The van der Waals surface area contributed by atoms with Crippen LogP contribution in [0.3, 0.4) is 0 Å². The first-order chi connectivity index (χ1) is 7.09. The van der Waals surface area contributed by atoms with Crippen molar-refractivity contribution in [3.63, 3.8) is 0 Å². The molecule has 0 radical (unpaired) electrons. The number of hydrogen-bond donors (Lipinski definition) is 1. The smallest absolute Gasteiger partial charge is 0.297 e. The van der Waals surface area contributed by atoms with Crippen molar-refractivity contribution in [1.29, 1.82) is 0 Å². The number of H-pyrrole nitrogens is 1. The first-order valence-corrected chi connectivity index (χ1v) is 4.23. The number of hydrogen-bond acceptors (Lipinski definition) is 4. The first kappa shape index (κ1) is 9.32. The summed E-state index contributed by atoms with van der Waals surface area (Å²) in [4.78, 5) is 27.8. The Balaban J connectivity index is 2.75. The normalized spacial score (nSPS) is 10.5. The van der Waals surface area contributed by atoms with Gasteiger partial charge in [0.25, 0.3) is 5.69 Å². The predicted octanol–water partition coefficient (Wildman–Crippen LogP) is 1.67. The molecule has 0 amide bonds. The van der Waals surface area contributed by atoms with Crippen LogP contribution >= 0.6 is 0 Å². The fourth-order valence-electron chi connectivity index (χ4n) is 1.33. The second-order valence-electron chi connectivity index (χ2n) is 3.07. The molecule has 15 heavy (non-hydrogen) atoms. The number of aromatic amines is 1. The summed E-state index contributed by atoms with van der Waals surface area (Å²) in [7, 11) is 0. The molecule has 0 aliphatic rings. The minimum Gasteiger partial charge on any atom is -0.335 e. The van der Waals surface area contributed by atoms with E-state index in [-0.39, 0.29) is 22.8 Å². The van der Waals surface area contributed by atoms with E-state index < -0.39 is 4.92 Å². The van der Waals surface area contributed by atoms with Gasteiger partial charge in [-0.1, -0.05) is 6.07 Å². The topological polar surface area (TPSA) is 88.9 Å². The van der Waals surface area contributed by atoms with E-state index in [1.165, 1.54) is 13.0 Å². The van der Waals surface area contributed by atoms with E-state index in [1.54, 1.807) is 12.1 Å². The molecule has 2 aromatic rings. The van der Waals surface area contributed by atoms with Crippen molar-refractivity contribution < 1.29 is 9.72 Å². The SMILES string of the molecule is CC(=O)c1nc2c([N+](=O)[O-])cccc2[nH]1. The Kier molecular flexibility index (Phi) is 1.96. The Morgan fingerprint density at radius 3 is 2.87 bits per heavy atom. The minimum absolute atomic E-state index is 0.101. The lowest BCUT2D eigenvalue weighted by molar-refractivity contribution is -0.383. The highest BCUT2D eigenvalue weighted by molar-refractivity contribution is 5.95. The molecule has 1 heterocycles. The molecule has 0 fully saturated rings. The van der Waals surface area contributed by atoms with Crippen molar-refractivity contribution in [2.75, 3.05) is 0 Å². The first-order valence-electron chi connectivity index (χ1n) is 4.23. The Hall–Kier alpha value is -2.24. The van der Waals surface area contributed by atoms with Gasteiger partial charge in [-0.15, -0.1) is 0 Å². The van der Waals surface area contributed by atoms with E-state index in [4.69, 9.17) is 0 Å². The van der Waals surface area contributed by atoms with E-state index >= 15 is 0 Å². The summed E-state index contributed by atoms with van der Waals surface area (Å²) in [5.74, 6) is -0.111. The lowest BCUT2D eigenvalue weighted by atomic mass is 10.3. The van der Waals surface area contributed by atoms with Gasteiger partial charge in [0, 0.05) is 13.0 Å². The zero-order valence-electron chi connectivity index (χ0n) is 7.85. The van der Waals surface area contributed by atoms with Crippen LogP contribution in [0, 0.1) is 10.1 Å². The molecule has 0 saturated carbocycles. The number of imidazole rings is 1. The van der Waals surface area contributed by atoms with Crippen molar-refractivity contribution in [1.82, 2.24) is 9.97 Å². The monoisotopic (exact) mass is 205 g/mol. The van der Waals surface area contributed by atoms with Gasteiger partial charge in [-0.25, -0.2) is 4.98 Å². The van der Waals surface area contributed by atoms with E-state index in [1.807, 2.05) is 0 Å². The Morgan fingerprint density at radius 2 is 2.27 bits per heavy atom. The molecule has 1 N–H and O–H groups in total. The highest BCUT2D eigenvalue weighted by Gasteiger charge is 2.16. The van der Waals surface area contributed by atoms with Gasteiger partial charge in [0.1, 0.15) is 0 Å². The number of ketones is 1. The third-order valence-electron chi connectivity index (χ3n) is 2.02. The number of nitrogens with zero attached hydrogens (tertiary/aromatic N) is 2. The number of carbonyl (C=O) groups is 1. The predicted molar refractivity (Wildman–Crippen MR) is 52.8 cm³/mol. The van der Waals surface area contributed by atoms with Gasteiger partial charge in [0.05, 0.1) is 10.4 Å². The Labute approximate surface area is 84.1 Å². The maximum absolute atomic E-state index is 11.0. The average Bonchev–Trinajstić information content (AvgIpc) is 2.60. The molecule has 0 saturated heterocycles. The van der Waals surface area contributed by atoms with Gasteiger partial charge in [0.2, 0.25) is 0 Å². The molecule has 6 nitrogen and oxygen atoms in total. The van der Waals surface area contributed by atoms with Gasteiger partial charge in [0.15, 0.2) is 17.1 Å². The molecule has 1 aromatic heterocycles. The van der Waals surface area contributed by atoms with Crippen LogP contribution in [0.1, 0.15) is 17.5 Å². The molecule has 6 heteroatoms. The molecule has 0 aliphatic carbocycles. The van der Waals surface area contributed by atoms with E-state index in [9.17, 15) is 14.9 Å². The number of non-ortho nitro benzene ring substituents is 1. The van der Waals surface area contributed by atoms with Crippen LogP contribution < -0.4 is 0 Å². The number of rotatable bonds is 2. The van der Waals surface area contributed by atoms with Crippen LogP contribution in [0.2, 0.25) is 0 Å². The number of aromatic nitrogens is 2. The number of nitro groups is 1. The number of nitrogens with one attached hydrogen (secondary N) is 1. The van der Waals surface area contributed by atoms with Crippen molar-refractivity contribution in [3.8, 4) is 0 Å². The third-order valence-corrected chi connectivity index (χ3v) is 2.02. The molecular formula is C9H7N3O3. The quantitative estimate of drug-likeness (QED) is 0.458. The zero-order chi connectivity index (χ0) is 11.0. The summed E-state index contributed by atoms with van der Waals surface area (Å²) >= 11 is 0. The van der Waals surface area contributed by atoms with Crippen molar-refractivity contribution in [2.24, 2.45) is 0 Å². The number of nitro benzene ring substituents is 1. The maximum Gasteiger partial charge on any atom is 0.297 e. The van der Waals surface area contributed by atoms with Crippen LogP contribution in [0.4, 0.5) is 5.69 Å². The van der Waals surface area contributed by atoms with E-state index in [2.05, 4.69) is 9.97 Å². The number of carbonyl (C=O) groups excluding carboxylic acids is 1. The number of fused-ring (bicyclic) bond motifs is 1. The van der Waals surface area contributed by atoms with Crippen LogP contribution in [0.25, 0.3) is 11.0 Å². The lowest BCUT2D eigenvalue weighted by Gasteiger charge is -1.90.